The van der Waals surface area contributed by atoms with Gasteiger partial charge in [0.05, 0.1) is 18.2 Å². The highest BCUT2D eigenvalue weighted by molar-refractivity contribution is 5.77. The predicted molar refractivity (Wildman–Crippen MR) is 81.4 cm³/mol. The molecule has 0 fully saturated rings. The highest BCUT2D eigenvalue weighted by Crippen LogP contribution is 2.16. The highest BCUT2D eigenvalue weighted by atomic mass is 16.1. The fraction of sp³-hybridized carbons (Fsp3) is 0.118. The zero-order chi connectivity index (χ0) is 14.8. The van der Waals surface area contributed by atoms with Gasteiger partial charge in [-0.15, -0.1) is 0 Å². The summed E-state index contributed by atoms with van der Waals surface area (Å²) >= 11 is 0. The average molecular weight is 275 g/mol. The van der Waals surface area contributed by atoms with Crippen molar-refractivity contribution in [2.24, 2.45) is 0 Å². The Morgan fingerprint density at radius 1 is 1.24 bits per heavy atom. The lowest BCUT2D eigenvalue weighted by Gasteiger charge is -2.11. The minimum Gasteiger partial charge on any atom is -0.269 e. The fourth-order valence-corrected chi connectivity index (χ4v) is 2.41. The number of aryl methyl sites for hydroxylation is 1. The third kappa shape index (κ3) is 2.30. The van der Waals surface area contributed by atoms with Gasteiger partial charge in [0.1, 0.15) is 5.65 Å². The highest BCUT2D eigenvalue weighted by Gasteiger charge is 2.09. The molecule has 2 aromatic heterocycles. The number of aromatic nitrogens is 2. The second-order valence-corrected chi connectivity index (χ2v) is 4.89. The van der Waals surface area contributed by atoms with E-state index in [0.29, 0.717) is 17.6 Å². The van der Waals surface area contributed by atoms with Crippen LogP contribution in [0.25, 0.3) is 16.7 Å². The van der Waals surface area contributed by atoms with Crippen molar-refractivity contribution in [1.82, 2.24) is 9.55 Å². The van der Waals surface area contributed by atoms with Gasteiger partial charge in [0, 0.05) is 17.1 Å². The van der Waals surface area contributed by atoms with Gasteiger partial charge in [-0.05, 0) is 42.8 Å². The van der Waals surface area contributed by atoms with Crippen LogP contribution in [0.1, 0.15) is 11.1 Å². The molecule has 0 radical (unpaired) electrons. The number of pyridine rings is 2. The predicted octanol–water partition coefficient (Wildman–Crippen LogP) is 2.76. The van der Waals surface area contributed by atoms with Crippen molar-refractivity contribution in [3.63, 3.8) is 0 Å². The first-order chi connectivity index (χ1) is 10.2. The maximum atomic E-state index is 12.5. The van der Waals surface area contributed by atoms with Crippen molar-refractivity contribution >= 4 is 11.0 Å². The first-order valence-electron chi connectivity index (χ1n) is 6.64. The number of rotatable bonds is 2. The summed E-state index contributed by atoms with van der Waals surface area (Å²) in [6.07, 6.45) is 1.99. The zero-order valence-corrected chi connectivity index (χ0v) is 11.6. The van der Waals surface area contributed by atoms with E-state index in [1.165, 1.54) is 0 Å². The van der Waals surface area contributed by atoms with E-state index in [1.807, 2.05) is 42.5 Å². The molecule has 0 bridgehead atoms. The van der Waals surface area contributed by atoms with Gasteiger partial charge < -0.3 is 0 Å². The molecule has 21 heavy (non-hydrogen) atoms. The van der Waals surface area contributed by atoms with Crippen molar-refractivity contribution in [1.29, 1.82) is 5.26 Å². The second-order valence-electron chi connectivity index (χ2n) is 4.89. The monoisotopic (exact) mass is 275 g/mol. The first kappa shape index (κ1) is 13.1. The van der Waals surface area contributed by atoms with Gasteiger partial charge in [0.2, 0.25) is 0 Å². The molecule has 0 amide bonds. The summed E-state index contributed by atoms with van der Waals surface area (Å²) in [4.78, 5) is 16.8. The van der Waals surface area contributed by atoms with E-state index in [4.69, 9.17) is 5.26 Å². The molecule has 102 valence electrons. The smallest absolute Gasteiger partial charge is 0.259 e. The van der Waals surface area contributed by atoms with Crippen LogP contribution in [0, 0.1) is 18.3 Å². The molecule has 0 atom stereocenters. The third-order valence-corrected chi connectivity index (χ3v) is 3.39. The lowest BCUT2D eigenvalue weighted by molar-refractivity contribution is 0.991. The second kappa shape index (κ2) is 5.22. The molecular formula is C17H13N3O. The Morgan fingerprint density at radius 3 is 2.90 bits per heavy atom. The summed E-state index contributed by atoms with van der Waals surface area (Å²) in [5.41, 5.74) is 2.83. The SMILES string of the molecule is Cc1cc2cccnc2n(-c2cccc(CC#N)c2)c1=O. The summed E-state index contributed by atoms with van der Waals surface area (Å²) in [6.45, 7) is 1.80. The van der Waals surface area contributed by atoms with Crippen molar-refractivity contribution in [3.8, 4) is 11.8 Å². The molecule has 3 rings (SSSR count). The molecule has 0 N–H and O–H groups in total. The minimum atomic E-state index is -0.0877. The number of hydrogen-bond donors (Lipinski definition) is 0. The standard InChI is InChI=1S/C17H13N3O/c1-12-10-14-5-3-9-19-16(14)20(17(12)21)15-6-2-4-13(11-15)7-8-18/h2-6,9-11H,7H2,1H3. The van der Waals surface area contributed by atoms with E-state index < -0.39 is 0 Å². The van der Waals surface area contributed by atoms with Gasteiger partial charge >= 0.3 is 0 Å². The van der Waals surface area contributed by atoms with Crippen molar-refractivity contribution < 1.29 is 0 Å². The van der Waals surface area contributed by atoms with Gasteiger partial charge in [-0.2, -0.15) is 5.26 Å². The normalized spacial score (nSPS) is 10.5. The molecule has 0 aliphatic rings. The fourth-order valence-electron chi connectivity index (χ4n) is 2.41. The molecule has 3 aromatic rings. The van der Waals surface area contributed by atoms with Gasteiger partial charge in [0.25, 0.3) is 5.56 Å². The molecule has 0 saturated carbocycles. The van der Waals surface area contributed by atoms with Crippen molar-refractivity contribution in [2.75, 3.05) is 0 Å². The molecule has 0 saturated heterocycles. The number of nitriles is 1. The average Bonchev–Trinajstić information content (AvgIpc) is 2.49. The molecule has 2 heterocycles. The maximum Gasteiger partial charge on any atom is 0.259 e. The lowest BCUT2D eigenvalue weighted by Crippen LogP contribution is -2.21. The van der Waals surface area contributed by atoms with Crippen molar-refractivity contribution in [3.05, 3.63) is 70.1 Å². The summed E-state index contributed by atoms with van der Waals surface area (Å²) in [7, 11) is 0. The van der Waals surface area contributed by atoms with E-state index >= 15 is 0 Å². The number of hydrogen-bond acceptors (Lipinski definition) is 3. The summed E-state index contributed by atoms with van der Waals surface area (Å²) < 4.78 is 1.60. The van der Waals surface area contributed by atoms with Gasteiger partial charge in [-0.3, -0.25) is 9.36 Å². The minimum absolute atomic E-state index is 0.0877. The lowest BCUT2D eigenvalue weighted by atomic mass is 10.1. The van der Waals surface area contributed by atoms with Crippen LogP contribution in [0.15, 0.2) is 53.5 Å². The van der Waals surface area contributed by atoms with Gasteiger partial charge in [0.15, 0.2) is 0 Å². The Kier molecular flexibility index (Phi) is 3.25. The van der Waals surface area contributed by atoms with Gasteiger partial charge in [-0.25, -0.2) is 4.98 Å². The molecule has 1 aromatic carbocycles. The quantitative estimate of drug-likeness (QED) is 0.722. The van der Waals surface area contributed by atoms with E-state index in [0.717, 1.165) is 16.6 Å². The topological polar surface area (TPSA) is 58.7 Å². The number of benzene rings is 1. The summed E-state index contributed by atoms with van der Waals surface area (Å²) in [5.74, 6) is 0. The van der Waals surface area contributed by atoms with Crippen LogP contribution in [0.2, 0.25) is 0 Å². The van der Waals surface area contributed by atoms with Crippen LogP contribution >= 0.6 is 0 Å². The van der Waals surface area contributed by atoms with E-state index in [-0.39, 0.29) is 5.56 Å². The van der Waals surface area contributed by atoms with Crippen LogP contribution in [-0.4, -0.2) is 9.55 Å². The largest absolute Gasteiger partial charge is 0.269 e. The number of nitrogens with zero attached hydrogens (tertiary/aromatic N) is 3. The van der Waals surface area contributed by atoms with Crippen LogP contribution < -0.4 is 5.56 Å². The summed E-state index contributed by atoms with van der Waals surface area (Å²) in [6, 6.07) is 15.2. The van der Waals surface area contributed by atoms with Crippen LogP contribution in [0.4, 0.5) is 0 Å². The Labute approximate surface area is 121 Å². The molecule has 0 spiro atoms. The number of fused-ring (bicyclic) bond motifs is 1. The van der Waals surface area contributed by atoms with Gasteiger partial charge in [-0.1, -0.05) is 12.1 Å². The molecule has 0 aliphatic heterocycles. The van der Waals surface area contributed by atoms with Crippen LogP contribution in [0.3, 0.4) is 0 Å². The molecule has 0 aliphatic carbocycles. The Balaban J connectivity index is 2.34. The van der Waals surface area contributed by atoms with E-state index in [1.54, 1.807) is 17.7 Å². The first-order valence-corrected chi connectivity index (χ1v) is 6.64. The van der Waals surface area contributed by atoms with E-state index in [9.17, 15) is 4.79 Å². The molecule has 0 unspecified atom stereocenters. The molecule has 4 nitrogen and oxygen atoms in total. The third-order valence-electron chi connectivity index (χ3n) is 3.39. The van der Waals surface area contributed by atoms with Crippen LogP contribution in [-0.2, 0) is 6.42 Å². The molecular weight excluding hydrogens is 262 g/mol. The Bertz CT molecular complexity index is 919. The Hall–Kier alpha value is -2.93. The summed E-state index contributed by atoms with van der Waals surface area (Å²) in [5, 5.41) is 9.74. The maximum absolute atomic E-state index is 12.5. The van der Waals surface area contributed by atoms with E-state index in [2.05, 4.69) is 11.1 Å². The Morgan fingerprint density at radius 2 is 2.10 bits per heavy atom. The zero-order valence-electron chi connectivity index (χ0n) is 11.6. The van der Waals surface area contributed by atoms with Crippen molar-refractivity contribution in [2.45, 2.75) is 13.3 Å². The molecule has 4 heteroatoms. The van der Waals surface area contributed by atoms with Crippen LogP contribution in [0.5, 0.6) is 0 Å².